The molecule has 0 spiro atoms. The molecule has 0 aliphatic rings. The molecule has 0 radical (unpaired) electrons. The van der Waals surface area contributed by atoms with E-state index in [1.165, 1.54) is 0 Å². The number of carbonyl (C=O) groups excluding carboxylic acids is 4. The standard InChI is InChI=1S/C34H33N3O7/c1-2-42-29-19-17-28(18-20-29)36-32(39)26-13-15-27(16-14-26)35-31(38)23-43-33(40)30(21-24-9-5-3-6-10-24)37-34(41)44-22-25-11-7-4-8-12-25/h3-20,30H,2,21-23H2,1H3,(H,35,38)(H,36,39)(H,37,41)/t30-/m0/s1. The number of ether oxygens (including phenoxy) is 3. The maximum Gasteiger partial charge on any atom is 0.408 e. The molecule has 0 saturated heterocycles. The summed E-state index contributed by atoms with van der Waals surface area (Å²) in [6.07, 6.45) is -0.648. The van der Waals surface area contributed by atoms with Gasteiger partial charge >= 0.3 is 12.1 Å². The van der Waals surface area contributed by atoms with Crippen LogP contribution in [-0.2, 0) is 32.1 Å². The minimum absolute atomic E-state index is 0.0319. The lowest BCUT2D eigenvalue weighted by atomic mass is 10.1. The smallest absolute Gasteiger partial charge is 0.408 e. The Balaban J connectivity index is 1.27. The molecule has 1 atom stereocenters. The van der Waals surface area contributed by atoms with Crippen molar-refractivity contribution in [3.8, 4) is 5.75 Å². The van der Waals surface area contributed by atoms with E-state index < -0.39 is 30.6 Å². The van der Waals surface area contributed by atoms with E-state index in [0.717, 1.165) is 11.1 Å². The van der Waals surface area contributed by atoms with Gasteiger partial charge in [0.15, 0.2) is 6.61 Å². The van der Waals surface area contributed by atoms with Gasteiger partial charge in [0.2, 0.25) is 0 Å². The second kappa shape index (κ2) is 16.1. The third-order valence-electron chi connectivity index (χ3n) is 6.27. The number of amides is 3. The molecule has 0 saturated carbocycles. The molecule has 3 amide bonds. The predicted octanol–water partition coefficient (Wildman–Crippen LogP) is 5.36. The quantitative estimate of drug-likeness (QED) is 0.177. The van der Waals surface area contributed by atoms with Gasteiger partial charge in [-0.2, -0.15) is 0 Å². The number of alkyl carbamates (subject to hydrolysis) is 1. The fourth-order valence-electron chi connectivity index (χ4n) is 4.09. The van der Waals surface area contributed by atoms with Gasteiger partial charge in [0, 0.05) is 23.4 Å². The Morgan fingerprint density at radius 3 is 1.91 bits per heavy atom. The van der Waals surface area contributed by atoms with Crippen molar-refractivity contribution in [2.45, 2.75) is 26.0 Å². The molecule has 10 nitrogen and oxygen atoms in total. The number of anilines is 2. The molecule has 0 aliphatic carbocycles. The predicted molar refractivity (Wildman–Crippen MR) is 165 cm³/mol. The van der Waals surface area contributed by atoms with E-state index >= 15 is 0 Å². The molecule has 226 valence electrons. The average molecular weight is 596 g/mol. The van der Waals surface area contributed by atoms with Crippen LogP contribution in [0.2, 0.25) is 0 Å². The first-order valence-corrected chi connectivity index (χ1v) is 14.0. The number of carbonyl (C=O) groups is 4. The van der Waals surface area contributed by atoms with Crippen molar-refractivity contribution in [1.82, 2.24) is 5.32 Å². The molecule has 4 aromatic carbocycles. The largest absolute Gasteiger partial charge is 0.494 e. The van der Waals surface area contributed by atoms with Crippen molar-refractivity contribution in [2.24, 2.45) is 0 Å². The zero-order valence-electron chi connectivity index (χ0n) is 24.2. The number of hydrogen-bond donors (Lipinski definition) is 3. The number of esters is 1. The molecule has 10 heteroatoms. The summed E-state index contributed by atoms with van der Waals surface area (Å²) in [4.78, 5) is 50.5. The van der Waals surface area contributed by atoms with Crippen molar-refractivity contribution in [1.29, 1.82) is 0 Å². The first-order valence-electron chi connectivity index (χ1n) is 14.0. The van der Waals surface area contributed by atoms with E-state index in [4.69, 9.17) is 14.2 Å². The number of rotatable bonds is 13. The third-order valence-corrected chi connectivity index (χ3v) is 6.27. The minimum Gasteiger partial charge on any atom is -0.494 e. The number of hydrogen-bond acceptors (Lipinski definition) is 7. The lowest BCUT2D eigenvalue weighted by molar-refractivity contribution is -0.149. The number of benzene rings is 4. The Hall–Kier alpha value is -5.64. The molecule has 44 heavy (non-hydrogen) atoms. The molecule has 4 rings (SSSR count). The lowest BCUT2D eigenvalue weighted by Gasteiger charge is -2.18. The van der Waals surface area contributed by atoms with E-state index in [1.54, 1.807) is 48.5 Å². The maximum absolute atomic E-state index is 12.9. The zero-order chi connectivity index (χ0) is 31.1. The second-order valence-corrected chi connectivity index (χ2v) is 9.59. The Kier molecular flexibility index (Phi) is 11.5. The monoisotopic (exact) mass is 595 g/mol. The highest BCUT2D eigenvalue weighted by Crippen LogP contribution is 2.17. The summed E-state index contributed by atoms with van der Waals surface area (Å²) in [5.74, 6) is -0.988. The average Bonchev–Trinajstić information content (AvgIpc) is 3.04. The summed E-state index contributed by atoms with van der Waals surface area (Å²) in [6, 6.07) is 30.4. The van der Waals surface area contributed by atoms with E-state index in [0.29, 0.717) is 29.3 Å². The minimum atomic E-state index is -1.08. The molecule has 0 fully saturated rings. The van der Waals surface area contributed by atoms with E-state index in [1.807, 2.05) is 67.6 Å². The van der Waals surface area contributed by atoms with Crippen molar-refractivity contribution in [2.75, 3.05) is 23.8 Å². The Morgan fingerprint density at radius 1 is 0.682 bits per heavy atom. The van der Waals surface area contributed by atoms with Crippen molar-refractivity contribution in [3.63, 3.8) is 0 Å². The maximum atomic E-state index is 12.9. The number of nitrogens with one attached hydrogen (secondary N) is 3. The first-order chi connectivity index (χ1) is 21.4. The van der Waals surface area contributed by atoms with Gasteiger partial charge in [-0.3, -0.25) is 9.59 Å². The highest BCUT2D eigenvalue weighted by molar-refractivity contribution is 6.04. The summed E-state index contributed by atoms with van der Waals surface area (Å²) in [6.45, 7) is 1.90. The molecular formula is C34H33N3O7. The topological polar surface area (TPSA) is 132 Å². The van der Waals surface area contributed by atoms with E-state index in [2.05, 4.69) is 16.0 Å². The van der Waals surface area contributed by atoms with Gasteiger partial charge in [-0.1, -0.05) is 60.7 Å². The molecular weight excluding hydrogens is 562 g/mol. The van der Waals surface area contributed by atoms with Crippen molar-refractivity contribution in [3.05, 3.63) is 126 Å². The van der Waals surface area contributed by atoms with E-state index in [9.17, 15) is 19.2 Å². The van der Waals surface area contributed by atoms with Crippen molar-refractivity contribution >= 4 is 35.3 Å². The van der Waals surface area contributed by atoms with Crippen LogP contribution < -0.4 is 20.7 Å². The van der Waals surface area contributed by atoms with Gasteiger partial charge in [-0.25, -0.2) is 9.59 Å². The normalized spacial score (nSPS) is 11.0. The van der Waals surface area contributed by atoms with Crippen LogP contribution >= 0.6 is 0 Å². The highest BCUT2D eigenvalue weighted by Gasteiger charge is 2.24. The summed E-state index contributed by atoms with van der Waals surface area (Å²) in [5, 5.41) is 7.97. The zero-order valence-corrected chi connectivity index (χ0v) is 24.2. The fourth-order valence-corrected chi connectivity index (χ4v) is 4.09. The second-order valence-electron chi connectivity index (χ2n) is 9.59. The molecule has 0 heterocycles. The van der Waals surface area contributed by atoms with Crippen LogP contribution in [0.5, 0.6) is 5.75 Å². The van der Waals surface area contributed by atoms with Crippen LogP contribution in [0.1, 0.15) is 28.4 Å². The third kappa shape index (κ3) is 10.0. The van der Waals surface area contributed by atoms with E-state index in [-0.39, 0.29) is 18.9 Å². The van der Waals surface area contributed by atoms with Crippen LogP contribution in [0.15, 0.2) is 109 Å². The van der Waals surface area contributed by atoms with Gasteiger partial charge in [0.1, 0.15) is 18.4 Å². The van der Waals surface area contributed by atoms with Gasteiger partial charge in [-0.15, -0.1) is 0 Å². The Labute approximate surface area is 255 Å². The Morgan fingerprint density at radius 2 is 1.27 bits per heavy atom. The van der Waals surface area contributed by atoms with Gasteiger partial charge in [-0.05, 0) is 66.6 Å². The molecule has 0 aliphatic heterocycles. The van der Waals surface area contributed by atoms with Crippen LogP contribution in [0.25, 0.3) is 0 Å². The first kappa shape index (κ1) is 31.3. The van der Waals surface area contributed by atoms with Crippen LogP contribution in [0.3, 0.4) is 0 Å². The van der Waals surface area contributed by atoms with Gasteiger partial charge < -0.3 is 30.2 Å². The van der Waals surface area contributed by atoms with Crippen molar-refractivity contribution < 1.29 is 33.4 Å². The molecule has 0 bridgehead atoms. The van der Waals surface area contributed by atoms with Crippen LogP contribution in [0, 0.1) is 0 Å². The lowest BCUT2D eigenvalue weighted by Crippen LogP contribution is -2.44. The van der Waals surface area contributed by atoms with Gasteiger partial charge in [0.05, 0.1) is 6.61 Å². The molecule has 0 unspecified atom stereocenters. The summed E-state index contributed by atoms with van der Waals surface area (Å²) in [5.41, 5.74) is 2.99. The van der Waals surface area contributed by atoms with Crippen LogP contribution in [0.4, 0.5) is 16.2 Å². The fraction of sp³-hybridized carbons (Fsp3) is 0.176. The van der Waals surface area contributed by atoms with Crippen LogP contribution in [-0.4, -0.2) is 43.1 Å². The highest BCUT2D eigenvalue weighted by atomic mass is 16.6. The molecule has 0 aromatic heterocycles. The summed E-state index contributed by atoms with van der Waals surface area (Å²) in [7, 11) is 0. The molecule has 3 N–H and O–H groups in total. The summed E-state index contributed by atoms with van der Waals surface area (Å²) < 4.78 is 15.9. The SMILES string of the molecule is CCOc1ccc(NC(=O)c2ccc(NC(=O)COC(=O)[C@H](Cc3ccccc3)NC(=O)OCc3ccccc3)cc2)cc1. The summed E-state index contributed by atoms with van der Waals surface area (Å²) >= 11 is 0. The Bertz CT molecular complexity index is 1530. The van der Waals surface area contributed by atoms with Gasteiger partial charge in [0.25, 0.3) is 11.8 Å². The molecule has 4 aromatic rings.